The lowest BCUT2D eigenvalue weighted by Gasteiger charge is -2.37. The van der Waals surface area contributed by atoms with Crippen LogP contribution in [0.2, 0.25) is 0 Å². The van der Waals surface area contributed by atoms with E-state index in [0.29, 0.717) is 13.0 Å². The van der Waals surface area contributed by atoms with Crippen molar-refractivity contribution in [1.29, 1.82) is 0 Å². The molecule has 1 aliphatic heterocycles. The first kappa shape index (κ1) is 20.0. The van der Waals surface area contributed by atoms with E-state index in [4.69, 9.17) is 0 Å². The number of rotatable bonds is 7. The summed E-state index contributed by atoms with van der Waals surface area (Å²) in [4.78, 5) is 18.6. The van der Waals surface area contributed by atoms with Gasteiger partial charge in [0.1, 0.15) is 5.82 Å². The van der Waals surface area contributed by atoms with E-state index in [-0.39, 0.29) is 23.7 Å². The van der Waals surface area contributed by atoms with Gasteiger partial charge in [-0.15, -0.1) is 11.3 Å². The number of piperazine rings is 1. The minimum atomic E-state index is -0.249. The lowest BCUT2D eigenvalue weighted by atomic mass is 9.97. The second-order valence-corrected chi connectivity index (χ2v) is 8.31. The van der Waals surface area contributed by atoms with Crippen LogP contribution in [0.4, 0.5) is 4.39 Å². The Labute approximate surface area is 165 Å². The summed E-state index contributed by atoms with van der Waals surface area (Å²) in [6.45, 7) is 6.76. The predicted octanol–water partition coefficient (Wildman–Crippen LogP) is 3.49. The molecule has 0 bridgehead atoms. The lowest BCUT2D eigenvalue weighted by molar-refractivity contribution is -0.121. The molecule has 2 aromatic rings. The third-order valence-corrected chi connectivity index (χ3v) is 6.25. The van der Waals surface area contributed by atoms with Crippen LogP contribution in [0.1, 0.15) is 35.7 Å². The molecular formula is C21H28FN3OS. The number of amides is 1. The van der Waals surface area contributed by atoms with Crippen molar-refractivity contribution in [1.82, 2.24) is 15.1 Å². The fourth-order valence-electron chi connectivity index (χ4n) is 3.49. The van der Waals surface area contributed by atoms with Crippen LogP contribution in [0.5, 0.6) is 0 Å². The molecule has 0 saturated carbocycles. The molecule has 1 aromatic heterocycles. The molecule has 146 valence electrons. The number of hydrogen-bond donors (Lipinski definition) is 1. The van der Waals surface area contributed by atoms with Gasteiger partial charge in [-0.3, -0.25) is 9.69 Å². The molecule has 27 heavy (non-hydrogen) atoms. The number of carbonyl (C=O) groups is 1. The van der Waals surface area contributed by atoms with Crippen molar-refractivity contribution in [2.75, 3.05) is 39.8 Å². The Morgan fingerprint density at radius 1 is 1.19 bits per heavy atom. The summed E-state index contributed by atoms with van der Waals surface area (Å²) in [5, 5.41) is 5.22. The van der Waals surface area contributed by atoms with Crippen LogP contribution in [0.25, 0.3) is 0 Å². The zero-order valence-electron chi connectivity index (χ0n) is 16.0. The molecule has 1 aromatic carbocycles. The maximum atomic E-state index is 13.1. The molecular weight excluding hydrogens is 361 g/mol. The first-order chi connectivity index (χ1) is 13.0. The highest BCUT2D eigenvalue weighted by Crippen LogP contribution is 2.26. The van der Waals surface area contributed by atoms with Crippen molar-refractivity contribution >= 4 is 17.2 Å². The second-order valence-electron chi connectivity index (χ2n) is 7.33. The first-order valence-electron chi connectivity index (χ1n) is 9.51. The van der Waals surface area contributed by atoms with Gasteiger partial charge in [0.25, 0.3) is 0 Å². The average Bonchev–Trinajstić information content (AvgIpc) is 3.18. The molecule has 1 amide bonds. The number of nitrogens with zero attached hydrogens (tertiary/aromatic N) is 2. The number of hydrogen-bond acceptors (Lipinski definition) is 4. The van der Waals surface area contributed by atoms with Gasteiger partial charge in [0.15, 0.2) is 0 Å². The molecule has 4 nitrogen and oxygen atoms in total. The summed E-state index contributed by atoms with van der Waals surface area (Å²) in [5.74, 6) is -0.140. The first-order valence-corrected chi connectivity index (χ1v) is 10.4. The summed E-state index contributed by atoms with van der Waals surface area (Å²) in [5.41, 5.74) is 0.987. The Morgan fingerprint density at radius 3 is 2.52 bits per heavy atom. The standard InChI is InChI=1S/C21H28FN3OS/c1-16(17-5-7-18(22)8-6-17)14-21(26)23-15-19(20-4-3-13-27-20)25-11-9-24(2)10-12-25/h3-8,13,16,19H,9-12,14-15H2,1-2H3,(H,23,26). The quantitative estimate of drug-likeness (QED) is 0.787. The number of carbonyl (C=O) groups excluding carboxylic acids is 1. The molecule has 2 unspecified atom stereocenters. The highest BCUT2D eigenvalue weighted by molar-refractivity contribution is 7.10. The van der Waals surface area contributed by atoms with Crippen molar-refractivity contribution in [3.05, 3.63) is 58.0 Å². The predicted molar refractivity (Wildman–Crippen MR) is 109 cm³/mol. The van der Waals surface area contributed by atoms with E-state index in [2.05, 4.69) is 39.7 Å². The second kappa shape index (κ2) is 9.44. The Morgan fingerprint density at radius 2 is 1.89 bits per heavy atom. The number of nitrogens with one attached hydrogen (secondary N) is 1. The fraction of sp³-hybridized carbons (Fsp3) is 0.476. The zero-order valence-corrected chi connectivity index (χ0v) is 16.8. The van der Waals surface area contributed by atoms with Gasteiger partial charge in [0, 0.05) is 44.0 Å². The minimum Gasteiger partial charge on any atom is -0.354 e. The van der Waals surface area contributed by atoms with E-state index in [1.165, 1.54) is 17.0 Å². The van der Waals surface area contributed by atoms with Crippen LogP contribution in [0.3, 0.4) is 0 Å². The minimum absolute atomic E-state index is 0.0440. The van der Waals surface area contributed by atoms with Crippen LogP contribution in [0, 0.1) is 5.82 Å². The largest absolute Gasteiger partial charge is 0.354 e. The third-order valence-electron chi connectivity index (χ3n) is 5.27. The molecule has 0 spiro atoms. The van der Waals surface area contributed by atoms with Gasteiger partial charge in [-0.1, -0.05) is 25.1 Å². The molecule has 0 radical (unpaired) electrons. The van der Waals surface area contributed by atoms with E-state index in [0.717, 1.165) is 31.7 Å². The highest BCUT2D eigenvalue weighted by Gasteiger charge is 2.25. The summed E-state index contributed by atoms with van der Waals surface area (Å²) in [7, 11) is 2.15. The van der Waals surface area contributed by atoms with E-state index < -0.39 is 0 Å². The smallest absolute Gasteiger partial charge is 0.220 e. The molecule has 1 aliphatic rings. The van der Waals surface area contributed by atoms with Gasteiger partial charge in [-0.2, -0.15) is 0 Å². The Kier molecular flexibility index (Phi) is 6.99. The van der Waals surface area contributed by atoms with Gasteiger partial charge in [-0.25, -0.2) is 4.39 Å². The number of likely N-dealkylation sites (N-methyl/N-ethyl adjacent to an activating group) is 1. The van der Waals surface area contributed by atoms with Crippen LogP contribution in [-0.2, 0) is 4.79 Å². The molecule has 0 aliphatic carbocycles. The van der Waals surface area contributed by atoms with Gasteiger partial charge in [-0.05, 0) is 42.1 Å². The fourth-order valence-corrected chi connectivity index (χ4v) is 4.35. The molecule has 3 rings (SSSR count). The van der Waals surface area contributed by atoms with Crippen molar-refractivity contribution in [3.63, 3.8) is 0 Å². The van der Waals surface area contributed by atoms with Crippen LogP contribution in [0.15, 0.2) is 41.8 Å². The van der Waals surface area contributed by atoms with Gasteiger partial charge < -0.3 is 10.2 Å². The van der Waals surface area contributed by atoms with Crippen molar-refractivity contribution in [2.24, 2.45) is 0 Å². The Bertz CT molecular complexity index is 712. The molecule has 6 heteroatoms. The van der Waals surface area contributed by atoms with Crippen LogP contribution >= 0.6 is 11.3 Å². The molecule has 1 N–H and O–H groups in total. The van der Waals surface area contributed by atoms with E-state index >= 15 is 0 Å². The normalized spacial score (nSPS) is 18.2. The van der Waals surface area contributed by atoms with Gasteiger partial charge in [0.2, 0.25) is 5.91 Å². The molecule has 1 fully saturated rings. The van der Waals surface area contributed by atoms with Crippen molar-refractivity contribution in [3.8, 4) is 0 Å². The summed E-state index contributed by atoms with van der Waals surface area (Å²) in [6, 6.07) is 10.9. The van der Waals surface area contributed by atoms with E-state index in [1.807, 2.05) is 6.92 Å². The summed E-state index contributed by atoms with van der Waals surface area (Å²) in [6.07, 6.45) is 0.408. The summed E-state index contributed by atoms with van der Waals surface area (Å²) >= 11 is 1.75. The number of thiophene rings is 1. The average molecular weight is 390 g/mol. The zero-order chi connectivity index (χ0) is 19.2. The van der Waals surface area contributed by atoms with Crippen LogP contribution < -0.4 is 5.32 Å². The Balaban J connectivity index is 1.56. The van der Waals surface area contributed by atoms with Crippen molar-refractivity contribution in [2.45, 2.75) is 25.3 Å². The van der Waals surface area contributed by atoms with Crippen LogP contribution in [-0.4, -0.2) is 55.5 Å². The maximum absolute atomic E-state index is 13.1. The monoisotopic (exact) mass is 389 g/mol. The van der Waals surface area contributed by atoms with Crippen molar-refractivity contribution < 1.29 is 9.18 Å². The SMILES string of the molecule is CC(CC(=O)NCC(c1cccs1)N1CCN(C)CC1)c1ccc(F)cc1. The lowest BCUT2D eigenvalue weighted by Crippen LogP contribution is -2.48. The van der Waals surface area contributed by atoms with E-state index in [9.17, 15) is 9.18 Å². The summed E-state index contributed by atoms with van der Waals surface area (Å²) < 4.78 is 13.1. The van der Waals surface area contributed by atoms with Gasteiger partial charge >= 0.3 is 0 Å². The maximum Gasteiger partial charge on any atom is 0.220 e. The van der Waals surface area contributed by atoms with E-state index in [1.54, 1.807) is 23.5 Å². The van der Waals surface area contributed by atoms with Gasteiger partial charge in [0.05, 0.1) is 6.04 Å². The molecule has 1 saturated heterocycles. The highest BCUT2D eigenvalue weighted by atomic mass is 32.1. The number of benzene rings is 1. The Hall–Kier alpha value is -1.76. The topological polar surface area (TPSA) is 35.6 Å². The molecule has 2 atom stereocenters. The third kappa shape index (κ3) is 5.61. The number of halogens is 1. The molecule has 2 heterocycles.